The van der Waals surface area contributed by atoms with Gasteiger partial charge in [0, 0.05) is 16.4 Å². The molecule has 0 saturated heterocycles. The van der Waals surface area contributed by atoms with Crippen LogP contribution in [0.1, 0.15) is 6.92 Å². The number of hydrogen-bond acceptors (Lipinski definition) is 5. The van der Waals surface area contributed by atoms with Crippen molar-refractivity contribution >= 4 is 29.6 Å². The van der Waals surface area contributed by atoms with Crippen LogP contribution in [-0.4, -0.2) is 34.9 Å². The van der Waals surface area contributed by atoms with Crippen LogP contribution in [0, 0.1) is 11.6 Å². The summed E-state index contributed by atoms with van der Waals surface area (Å²) in [4.78, 5) is -0.748. The predicted octanol–water partition coefficient (Wildman–Crippen LogP) is 1.71. The molecule has 0 atom stereocenters. The minimum absolute atomic E-state index is 0.120. The quantitative estimate of drug-likeness (QED) is 0.731. The summed E-state index contributed by atoms with van der Waals surface area (Å²) in [6.45, 7) is 0.980. The van der Waals surface area contributed by atoms with Crippen molar-refractivity contribution in [2.45, 2.75) is 11.8 Å². The van der Waals surface area contributed by atoms with Crippen molar-refractivity contribution in [3.8, 4) is 5.75 Å². The number of benzene rings is 1. The average Bonchev–Trinajstić information content (AvgIpc) is 2.31. The van der Waals surface area contributed by atoms with Gasteiger partial charge in [-0.1, -0.05) is 6.92 Å². The number of rotatable bonds is 6. The molecule has 0 aliphatic carbocycles. The molecule has 114 valence electrons. The fourth-order valence-electron chi connectivity index (χ4n) is 1.23. The molecule has 0 fully saturated rings. The summed E-state index contributed by atoms with van der Waals surface area (Å²) in [6.07, 6.45) is 0. The van der Waals surface area contributed by atoms with Gasteiger partial charge in [0.15, 0.2) is 27.2 Å². The van der Waals surface area contributed by atoms with Crippen molar-refractivity contribution < 1.29 is 30.4 Å². The van der Waals surface area contributed by atoms with Crippen LogP contribution in [-0.2, 0) is 18.9 Å². The van der Waals surface area contributed by atoms with Crippen molar-refractivity contribution in [1.29, 1.82) is 0 Å². The van der Waals surface area contributed by atoms with Gasteiger partial charge >= 0.3 is 0 Å². The maximum absolute atomic E-state index is 13.5. The van der Waals surface area contributed by atoms with Crippen molar-refractivity contribution in [3.05, 3.63) is 23.8 Å². The lowest BCUT2D eigenvalue weighted by Crippen LogP contribution is -2.16. The van der Waals surface area contributed by atoms with Crippen molar-refractivity contribution in [2.75, 3.05) is 18.1 Å². The molecule has 0 unspecified atom stereocenters. The Bertz CT molecular complexity index is 677. The highest BCUT2D eigenvalue weighted by atomic mass is 35.7. The van der Waals surface area contributed by atoms with Crippen LogP contribution in [0.2, 0.25) is 0 Å². The van der Waals surface area contributed by atoms with E-state index in [1.165, 1.54) is 6.92 Å². The largest absolute Gasteiger partial charge is 0.487 e. The number of sulfone groups is 1. The van der Waals surface area contributed by atoms with E-state index in [2.05, 4.69) is 0 Å². The zero-order valence-electron chi connectivity index (χ0n) is 10.3. The first kappa shape index (κ1) is 17.1. The van der Waals surface area contributed by atoms with Crippen molar-refractivity contribution in [2.24, 2.45) is 0 Å². The van der Waals surface area contributed by atoms with E-state index < -0.39 is 53.5 Å². The molecule has 0 radical (unpaired) electrons. The van der Waals surface area contributed by atoms with Gasteiger partial charge < -0.3 is 4.74 Å². The molecule has 0 spiro atoms. The molecular weight excluding hydrogens is 338 g/mol. The van der Waals surface area contributed by atoms with E-state index >= 15 is 0 Å². The monoisotopic (exact) mass is 348 g/mol. The highest BCUT2D eigenvalue weighted by molar-refractivity contribution is 8.13. The lowest BCUT2D eigenvalue weighted by atomic mass is 10.3. The van der Waals surface area contributed by atoms with Crippen molar-refractivity contribution in [3.63, 3.8) is 0 Å². The maximum atomic E-state index is 13.5. The maximum Gasteiger partial charge on any atom is 0.261 e. The molecule has 0 N–H and O–H groups in total. The molecule has 10 heteroatoms. The second-order valence-electron chi connectivity index (χ2n) is 3.74. The van der Waals surface area contributed by atoms with Gasteiger partial charge in [-0.25, -0.2) is 25.6 Å². The lowest BCUT2D eigenvalue weighted by molar-refractivity contribution is 0.302. The molecule has 0 bridgehead atoms. The molecule has 0 amide bonds. The smallest absolute Gasteiger partial charge is 0.261 e. The summed E-state index contributed by atoms with van der Waals surface area (Å²) >= 11 is 0. The number of halogens is 3. The summed E-state index contributed by atoms with van der Waals surface area (Å²) < 4.78 is 76.0. The van der Waals surface area contributed by atoms with Crippen LogP contribution >= 0.6 is 10.7 Å². The molecule has 1 aromatic carbocycles. The fraction of sp³-hybridized carbons (Fsp3) is 0.400. The summed E-state index contributed by atoms with van der Waals surface area (Å²) in [5.41, 5.74) is 0. The van der Waals surface area contributed by atoms with Gasteiger partial charge in [-0.15, -0.1) is 0 Å². The summed E-state index contributed by atoms with van der Waals surface area (Å²) in [6, 6.07) is 0.990. The normalized spacial score (nSPS) is 12.4. The third kappa shape index (κ3) is 4.57. The molecule has 0 aromatic heterocycles. The van der Waals surface area contributed by atoms with Crippen LogP contribution in [0.4, 0.5) is 8.78 Å². The molecule has 20 heavy (non-hydrogen) atoms. The van der Waals surface area contributed by atoms with E-state index in [9.17, 15) is 25.6 Å². The zero-order valence-corrected chi connectivity index (χ0v) is 12.7. The first-order valence-corrected chi connectivity index (χ1v) is 9.47. The molecule has 0 aliphatic rings. The molecule has 0 heterocycles. The van der Waals surface area contributed by atoms with Gasteiger partial charge in [0.1, 0.15) is 6.61 Å². The Morgan fingerprint density at radius 1 is 1.15 bits per heavy atom. The summed E-state index contributed by atoms with van der Waals surface area (Å²) in [7, 11) is -2.65. The highest BCUT2D eigenvalue weighted by Gasteiger charge is 2.19. The van der Waals surface area contributed by atoms with Crippen molar-refractivity contribution in [1.82, 2.24) is 0 Å². The van der Waals surface area contributed by atoms with Crippen LogP contribution < -0.4 is 4.74 Å². The minimum atomic E-state index is -4.27. The molecule has 1 rings (SSSR count). The fourth-order valence-corrected chi connectivity index (χ4v) is 2.61. The highest BCUT2D eigenvalue weighted by Crippen LogP contribution is 2.27. The van der Waals surface area contributed by atoms with E-state index in [1.807, 2.05) is 0 Å². The van der Waals surface area contributed by atoms with Gasteiger partial charge in [0.05, 0.1) is 10.6 Å². The SMILES string of the molecule is CCS(=O)(=O)CCOc1c(F)cc(S(=O)(=O)Cl)cc1F. The number of ether oxygens (including phenoxy) is 1. The van der Waals surface area contributed by atoms with E-state index in [0.29, 0.717) is 12.1 Å². The predicted molar refractivity (Wildman–Crippen MR) is 69.2 cm³/mol. The van der Waals surface area contributed by atoms with Gasteiger partial charge in [0.2, 0.25) is 0 Å². The van der Waals surface area contributed by atoms with E-state index in [4.69, 9.17) is 15.4 Å². The molecule has 1 aromatic rings. The first-order valence-electron chi connectivity index (χ1n) is 5.34. The standard InChI is InChI=1S/C10H11ClF2O5S2/c1-2-19(14,15)4-3-18-10-8(12)5-7(6-9(10)13)20(11,16)17/h5-6H,2-4H2,1H3. The van der Waals surface area contributed by atoms with Crippen LogP contribution in [0.5, 0.6) is 5.75 Å². The second kappa shape index (κ2) is 6.23. The van der Waals surface area contributed by atoms with Crippen LogP contribution in [0.15, 0.2) is 17.0 Å². The number of hydrogen-bond donors (Lipinski definition) is 0. The Kier molecular flexibility index (Phi) is 5.33. The Balaban J connectivity index is 2.93. The minimum Gasteiger partial charge on any atom is -0.487 e. The Hall–Kier alpha value is -0.930. The Morgan fingerprint density at radius 2 is 1.65 bits per heavy atom. The summed E-state index contributed by atoms with van der Waals surface area (Å²) in [5.74, 6) is -3.93. The third-order valence-corrected chi connectivity index (χ3v) is 5.34. The Morgan fingerprint density at radius 3 is 2.05 bits per heavy atom. The van der Waals surface area contributed by atoms with E-state index in [0.717, 1.165) is 0 Å². The third-order valence-electron chi connectivity index (χ3n) is 2.33. The molecule has 0 aliphatic heterocycles. The lowest BCUT2D eigenvalue weighted by Gasteiger charge is -2.09. The van der Waals surface area contributed by atoms with E-state index in [-0.39, 0.29) is 5.75 Å². The van der Waals surface area contributed by atoms with Crippen LogP contribution in [0.3, 0.4) is 0 Å². The van der Waals surface area contributed by atoms with E-state index in [1.54, 1.807) is 0 Å². The van der Waals surface area contributed by atoms with Gasteiger partial charge in [-0.2, -0.15) is 0 Å². The van der Waals surface area contributed by atoms with Gasteiger partial charge in [0.25, 0.3) is 9.05 Å². The summed E-state index contributed by atoms with van der Waals surface area (Å²) in [5, 5.41) is 0. The molecule has 5 nitrogen and oxygen atoms in total. The van der Waals surface area contributed by atoms with Crippen LogP contribution in [0.25, 0.3) is 0 Å². The second-order valence-corrected chi connectivity index (χ2v) is 8.78. The Labute approximate surface area is 119 Å². The van der Waals surface area contributed by atoms with Gasteiger partial charge in [-0.3, -0.25) is 0 Å². The average molecular weight is 349 g/mol. The molecular formula is C10H11ClF2O5S2. The molecule has 0 saturated carbocycles. The zero-order chi connectivity index (χ0) is 15.6. The van der Waals surface area contributed by atoms with Gasteiger partial charge in [-0.05, 0) is 12.1 Å². The first-order chi connectivity index (χ1) is 9.07. The topological polar surface area (TPSA) is 77.5 Å².